The topological polar surface area (TPSA) is 93.1 Å². The minimum Gasteiger partial charge on any atom is -0.486 e. The zero-order valence-electron chi connectivity index (χ0n) is 22.2. The third-order valence-electron chi connectivity index (χ3n) is 8.88. The molecule has 0 radical (unpaired) electrons. The Morgan fingerprint density at radius 1 is 1.07 bits per heavy atom. The quantitative estimate of drug-likeness (QED) is 0.333. The van der Waals surface area contributed by atoms with Crippen LogP contribution in [-0.2, 0) is 14.8 Å². The lowest BCUT2D eigenvalue weighted by molar-refractivity contribution is -0.148. The molecule has 0 unspecified atom stereocenters. The van der Waals surface area contributed by atoms with Crippen molar-refractivity contribution >= 4 is 21.7 Å². The number of anilines is 1. The van der Waals surface area contributed by atoms with E-state index < -0.39 is 45.4 Å². The molecule has 1 N–H and O–H groups in total. The molecule has 2 saturated carbocycles. The highest BCUT2D eigenvalue weighted by Gasteiger charge is 2.62. The molecule has 218 valence electrons. The lowest BCUT2D eigenvalue weighted by Gasteiger charge is -2.43. The maximum absolute atomic E-state index is 14.3. The van der Waals surface area contributed by atoms with Gasteiger partial charge in [-0.25, -0.2) is 12.8 Å². The van der Waals surface area contributed by atoms with E-state index in [1.807, 2.05) is 0 Å². The fourth-order valence-corrected chi connectivity index (χ4v) is 8.24. The predicted octanol–water partition coefficient (Wildman–Crippen LogP) is 6.07. The molecule has 7 nitrogen and oxygen atoms in total. The molecule has 0 saturated heterocycles. The number of hydrogen-bond acceptors (Lipinski definition) is 5. The van der Waals surface area contributed by atoms with Gasteiger partial charge in [-0.05, 0) is 85.7 Å². The second-order valence-corrected chi connectivity index (χ2v) is 13.0. The number of terminal acetylenes is 1. The molecule has 11 heteroatoms. The summed E-state index contributed by atoms with van der Waals surface area (Å²) in [5.74, 6) is 0.658. The fourth-order valence-electron chi connectivity index (χ4n) is 6.73. The number of rotatable bonds is 7. The number of halogens is 3. The Morgan fingerprint density at radius 2 is 1.83 bits per heavy atom. The third-order valence-corrected chi connectivity index (χ3v) is 10.7. The van der Waals surface area contributed by atoms with E-state index >= 15 is 0 Å². The largest absolute Gasteiger partial charge is 0.486 e. The van der Waals surface area contributed by atoms with E-state index in [0.29, 0.717) is 43.2 Å². The second-order valence-electron chi connectivity index (χ2n) is 11.2. The van der Waals surface area contributed by atoms with Crippen molar-refractivity contribution < 1.29 is 41.0 Å². The van der Waals surface area contributed by atoms with Gasteiger partial charge in [-0.2, -0.15) is 8.78 Å². The van der Waals surface area contributed by atoms with Crippen LogP contribution in [-0.4, -0.2) is 38.8 Å². The molecular weight excluding hydrogens is 571 g/mol. The maximum atomic E-state index is 14.3. The maximum Gasteiger partial charge on any atom is 0.387 e. The highest BCUT2D eigenvalue weighted by atomic mass is 32.2. The van der Waals surface area contributed by atoms with Crippen LogP contribution in [0.3, 0.4) is 0 Å². The van der Waals surface area contributed by atoms with Crippen molar-refractivity contribution in [3.05, 3.63) is 72.0 Å². The monoisotopic (exact) mass is 597 g/mol. The van der Waals surface area contributed by atoms with Crippen molar-refractivity contribution in [1.29, 1.82) is 0 Å². The van der Waals surface area contributed by atoms with Gasteiger partial charge in [-0.15, -0.1) is 6.42 Å². The van der Waals surface area contributed by atoms with E-state index in [0.717, 1.165) is 12.1 Å². The number of nitrogens with zero attached hydrogens (tertiary/aromatic N) is 1. The summed E-state index contributed by atoms with van der Waals surface area (Å²) < 4.78 is 80.4. The SMILES string of the molecule is C#Cc1cccc(S(=O)(=O)N2C[C@H](C34CCC(C(=O)O)(CC3)C4)Oc3ccc(-c4cc(F)cc(OC(F)F)c4)cc32)c1. The number of carbonyl (C=O) groups is 1. The number of carboxylic acid groups (broad SMARTS) is 1. The van der Waals surface area contributed by atoms with E-state index in [4.69, 9.17) is 11.2 Å². The summed E-state index contributed by atoms with van der Waals surface area (Å²) in [6.07, 6.45) is 7.47. The molecule has 3 aromatic rings. The Kier molecular flexibility index (Phi) is 6.65. The van der Waals surface area contributed by atoms with Gasteiger partial charge in [-0.3, -0.25) is 9.10 Å². The average molecular weight is 598 g/mol. The molecule has 1 heterocycles. The molecule has 2 bridgehead atoms. The van der Waals surface area contributed by atoms with Crippen molar-refractivity contribution in [1.82, 2.24) is 0 Å². The Hall–Kier alpha value is -4.17. The van der Waals surface area contributed by atoms with Gasteiger partial charge in [0.05, 0.1) is 22.5 Å². The minimum absolute atomic E-state index is 0.0384. The van der Waals surface area contributed by atoms with Crippen molar-refractivity contribution in [3.8, 4) is 35.0 Å². The molecular formula is C31H26F3NO6S. The highest BCUT2D eigenvalue weighted by molar-refractivity contribution is 7.92. The Labute approximate surface area is 240 Å². The van der Waals surface area contributed by atoms with Crippen LogP contribution in [0.15, 0.2) is 65.6 Å². The molecule has 3 aromatic carbocycles. The van der Waals surface area contributed by atoms with Crippen molar-refractivity contribution in [3.63, 3.8) is 0 Å². The van der Waals surface area contributed by atoms with Crippen molar-refractivity contribution in [2.24, 2.45) is 10.8 Å². The number of alkyl halides is 2. The van der Waals surface area contributed by atoms with Gasteiger partial charge in [0.1, 0.15) is 23.4 Å². The van der Waals surface area contributed by atoms with Crippen LogP contribution in [0.5, 0.6) is 11.5 Å². The lowest BCUT2D eigenvalue weighted by atomic mass is 9.78. The van der Waals surface area contributed by atoms with Gasteiger partial charge < -0.3 is 14.6 Å². The van der Waals surface area contributed by atoms with Gasteiger partial charge in [0.2, 0.25) is 0 Å². The summed E-state index contributed by atoms with van der Waals surface area (Å²) in [6, 6.07) is 13.8. The van der Waals surface area contributed by atoms with Crippen LogP contribution in [0.2, 0.25) is 0 Å². The first-order valence-electron chi connectivity index (χ1n) is 13.3. The standard InChI is InChI=1S/C31H26F3NO6S/c1-2-19-4-3-5-24(12-19)42(38,39)35-17-27(30-8-10-31(18-30,11-9-30)28(36)37)41-26-7-6-20(15-25(26)35)21-13-22(32)16-23(14-21)40-29(33)34/h1,3-7,12-16,27,29H,8-11,17-18H2,(H,36,37)/t27-,30?,31?/m1/s1. The Balaban J connectivity index is 1.45. The van der Waals surface area contributed by atoms with Gasteiger partial charge in [0, 0.05) is 17.0 Å². The van der Waals surface area contributed by atoms with Gasteiger partial charge in [0.15, 0.2) is 0 Å². The third kappa shape index (κ3) is 4.64. The van der Waals surface area contributed by atoms with Crippen LogP contribution in [0.25, 0.3) is 11.1 Å². The number of carboxylic acids is 1. The molecule has 3 aliphatic rings. The first-order chi connectivity index (χ1) is 19.9. The van der Waals surface area contributed by atoms with Crippen LogP contribution in [0.4, 0.5) is 18.9 Å². The molecule has 2 aliphatic carbocycles. The number of benzene rings is 3. The van der Waals surface area contributed by atoms with Crippen LogP contribution < -0.4 is 13.8 Å². The Bertz CT molecular complexity index is 1730. The molecule has 1 atom stereocenters. The first-order valence-corrected chi connectivity index (χ1v) is 14.8. The first kappa shape index (κ1) is 28.0. The van der Waals surface area contributed by atoms with Crippen LogP contribution in [0, 0.1) is 29.0 Å². The predicted molar refractivity (Wildman–Crippen MR) is 147 cm³/mol. The highest BCUT2D eigenvalue weighted by Crippen LogP contribution is 2.64. The smallest absolute Gasteiger partial charge is 0.387 e. The van der Waals surface area contributed by atoms with E-state index in [1.165, 1.54) is 28.6 Å². The lowest BCUT2D eigenvalue weighted by Crippen LogP contribution is -2.50. The zero-order chi connectivity index (χ0) is 29.9. The van der Waals surface area contributed by atoms with Gasteiger partial charge in [0.25, 0.3) is 10.0 Å². The second kappa shape index (κ2) is 9.98. The molecule has 0 spiro atoms. The summed E-state index contributed by atoms with van der Waals surface area (Å²) >= 11 is 0. The molecule has 6 rings (SSSR count). The fraction of sp³-hybridized carbons (Fsp3) is 0.323. The number of fused-ring (bicyclic) bond motifs is 3. The minimum atomic E-state index is -4.21. The van der Waals surface area contributed by atoms with Crippen molar-refractivity contribution in [2.45, 2.75) is 49.7 Å². The molecule has 1 aliphatic heterocycles. The summed E-state index contributed by atoms with van der Waals surface area (Å²) in [7, 11) is -4.21. The summed E-state index contributed by atoms with van der Waals surface area (Å²) in [4.78, 5) is 12.1. The number of aliphatic carboxylic acids is 1. The van der Waals surface area contributed by atoms with Crippen LogP contribution in [0.1, 0.15) is 37.7 Å². The van der Waals surface area contributed by atoms with Crippen molar-refractivity contribution in [2.75, 3.05) is 10.8 Å². The van der Waals surface area contributed by atoms with E-state index in [9.17, 15) is 31.5 Å². The van der Waals surface area contributed by atoms with Crippen LogP contribution >= 0.6 is 0 Å². The van der Waals surface area contributed by atoms with E-state index in [2.05, 4.69) is 10.7 Å². The normalized spacial score (nSPS) is 24.6. The number of sulfonamides is 1. The number of hydrogen-bond donors (Lipinski definition) is 1. The summed E-state index contributed by atoms with van der Waals surface area (Å²) in [5, 5.41) is 9.93. The summed E-state index contributed by atoms with van der Waals surface area (Å²) in [6.45, 7) is -3.24. The van der Waals surface area contributed by atoms with E-state index in [-0.39, 0.29) is 34.2 Å². The summed E-state index contributed by atoms with van der Waals surface area (Å²) in [5.41, 5.74) is -0.276. The molecule has 0 amide bonds. The number of ether oxygens (including phenoxy) is 2. The molecule has 42 heavy (non-hydrogen) atoms. The molecule has 0 aromatic heterocycles. The van der Waals surface area contributed by atoms with E-state index in [1.54, 1.807) is 24.3 Å². The van der Waals surface area contributed by atoms with Gasteiger partial charge in [-0.1, -0.05) is 18.1 Å². The Morgan fingerprint density at radius 3 is 2.50 bits per heavy atom. The zero-order valence-corrected chi connectivity index (χ0v) is 23.0. The molecule has 2 fully saturated rings. The average Bonchev–Trinajstić information content (AvgIpc) is 3.55. The van der Waals surface area contributed by atoms with Gasteiger partial charge >= 0.3 is 12.6 Å².